The van der Waals surface area contributed by atoms with Crippen molar-refractivity contribution in [1.29, 1.82) is 0 Å². The molecule has 190 valence electrons. The second-order valence-electron chi connectivity index (χ2n) is 9.16. The Morgan fingerprint density at radius 2 is 1.61 bits per heavy atom. The molecule has 8 heteroatoms. The number of rotatable bonds is 7. The molecule has 1 aliphatic rings. The molecule has 1 aliphatic heterocycles. The highest BCUT2D eigenvalue weighted by molar-refractivity contribution is 7.91. The lowest BCUT2D eigenvalue weighted by molar-refractivity contribution is 0.187. The highest BCUT2D eigenvalue weighted by Gasteiger charge is 2.22. The largest absolute Gasteiger partial charge is 0.453 e. The molecule has 0 atom stereocenters. The van der Waals surface area contributed by atoms with Crippen LogP contribution in [0.25, 0.3) is 0 Å². The van der Waals surface area contributed by atoms with Crippen molar-refractivity contribution in [1.82, 2.24) is 4.90 Å². The zero-order valence-electron chi connectivity index (χ0n) is 20.5. The van der Waals surface area contributed by atoms with Gasteiger partial charge < -0.3 is 9.64 Å². The molecular formula is C28H31ClN2O4S. The topological polar surface area (TPSA) is 75.7 Å². The number of nitrogens with zero attached hydrogens (tertiary/aromatic N) is 1. The summed E-state index contributed by atoms with van der Waals surface area (Å²) >= 11 is 5.88. The molecule has 4 rings (SSSR count). The smallest absolute Gasteiger partial charge is 0.411 e. The van der Waals surface area contributed by atoms with Crippen LogP contribution in [0.1, 0.15) is 35.4 Å². The fourth-order valence-electron chi connectivity index (χ4n) is 4.67. The Labute approximate surface area is 218 Å². The van der Waals surface area contributed by atoms with Gasteiger partial charge in [0.1, 0.15) is 0 Å². The number of sulfone groups is 1. The highest BCUT2D eigenvalue weighted by atomic mass is 35.5. The van der Waals surface area contributed by atoms with E-state index in [1.807, 2.05) is 24.3 Å². The van der Waals surface area contributed by atoms with E-state index in [1.54, 1.807) is 24.3 Å². The average molecular weight is 527 g/mol. The van der Waals surface area contributed by atoms with Crippen molar-refractivity contribution < 1.29 is 17.9 Å². The van der Waals surface area contributed by atoms with Gasteiger partial charge in [0.15, 0.2) is 0 Å². The van der Waals surface area contributed by atoms with Crippen LogP contribution in [0, 0.1) is 6.92 Å². The number of hydrogen-bond donors (Lipinski definition) is 1. The van der Waals surface area contributed by atoms with Gasteiger partial charge in [0.05, 0.1) is 16.9 Å². The number of anilines is 1. The summed E-state index contributed by atoms with van der Waals surface area (Å²) in [6.07, 6.45) is 2.51. The lowest BCUT2D eigenvalue weighted by atomic mass is 9.86. The molecule has 6 nitrogen and oxygen atoms in total. The van der Waals surface area contributed by atoms with Crippen LogP contribution < -0.4 is 5.32 Å². The number of piperidine rings is 1. The average Bonchev–Trinajstić information content (AvgIpc) is 2.89. The Morgan fingerprint density at radius 3 is 2.22 bits per heavy atom. The van der Waals surface area contributed by atoms with Crippen molar-refractivity contribution in [2.45, 2.75) is 41.9 Å². The number of benzene rings is 3. The molecule has 1 N–H and O–H groups in total. The first-order valence-electron chi connectivity index (χ1n) is 12.0. The zero-order chi connectivity index (χ0) is 25.7. The van der Waals surface area contributed by atoms with E-state index in [4.69, 9.17) is 16.3 Å². The molecule has 0 bridgehead atoms. The zero-order valence-corrected chi connectivity index (χ0v) is 22.1. The van der Waals surface area contributed by atoms with E-state index < -0.39 is 15.9 Å². The van der Waals surface area contributed by atoms with E-state index in [9.17, 15) is 13.2 Å². The maximum atomic E-state index is 12.8. The molecular weight excluding hydrogens is 496 g/mol. The summed E-state index contributed by atoms with van der Waals surface area (Å²) in [5.74, 6) is 0.456. The fraction of sp³-hybridized carbons (Fsp3) is 0.321. The third-order valence-corrected chi connectivity index (χ3v) is 8.85. The molecule has 0 saturated carbocycles. The number of aryl methyl sites for hydroxylation is 1. The third kappa shape index (κ3) is 6.27. The van der Waals surface area contributed by atoms with E-state index in [0.29, 0.717) is 10.9 Å². The van der Waals surface area contributed by atoms with Gasteiger partial charge >= 0.3 is 6.09 Å². The molecule has 36 heavy (non-hydrogen) atoms. The third-order valence-electron chi connectivity index (χ3n) is 6.81. The molecule has 1 heterocycles. The van der Waals surface area contributed by atoms with Gasteiger partial charge in [-0.2, -0.15) is 0 Å². The van der Waals surface area contributed by atoms with Gasteiger partial charge in [-0.05, 0) is 110 Å². The number of nitrogens with one attached hydrogen (secondary N) is 1. The fourth-order valence-corrected chi connectivity index (χ4v) is 6.05. The monoisotopic (exact) mass is 526 g/mol. The number of carbonyl (C=O) groups excluding carboxylic acids is 1. The number of carbonyl (C=O) groups is 1. The predicted octanol–water partition coefficient (Wildman–Crippen LogP) is 6.08. The lowest BCUT2D eigenvalue weighted by Gasteiger charge is -2.33. The Bertz CT molecular complexity index is 1300. The quantitative estimate of drug-likeness (QED) is 0.403. The van der Waals surface area contributed by atoms with Crippen LogP contribution in [0.2, 0.25) is 5.02 Å². The summed E-state index contributed by atoms with van der Waals surface area (Å²) in [5, 5.41) is 3.26. The van der Waals surface area contributed by atoms with E-state index in [-0.39, 0.29) is 9.79 Å². The van der Waals surface area contributed by atoms with Crippen molar-refractivity contribution >= 4 is 33.2 Å². The molecule has 1 saturated heterocycles. The molecule has 1 amide bonds. The van der Waals surface area contributed by atoms with E-state index in [0.717, 1.165) is 50.1 Å². The van der Waals surface area contributed by atoms with Gasteiger partial charge in [-0.3, -0.25) is 5.32 Å². The molecule has 0 spiro atoms. The molecule has 0 aromatic heterocycles. The molecule has 0 aliphatic carbocycles. The van der Waals surface area contributed by atoms with Crippen molar-refractivity contribution in [3.05, 3.63) is 88.4 Å². The van der Waals surface area contributed by atoms with Gasteiger partial charge in [-0.1, -0.05) is 29.8 Å². The molecule has 3 aromatic rings. The number of methoxy groups -OCH3 is 1. The molecule has 0 unspecified atom stereocenters. The van der Waals surface area contributed by atoms with Gasteiger partial charge in [0, 0.05) is 17.3 Å². The lowest BCUT2D eigenvalue weighted by Crippen LogP contribution is -2.34. The number of hydrogen-bond acceptors (Lipinski definition) is 5. The minimum Gasteiger partial charge on any atom is -0.453 e. The van der Waals surface area contributed by atoms with E-state index in [2.05, 4.69) is 23.2 Å². The maximum Gasteiger partial charge on any atom is 0.411 e. The first-order valence-corrected chi connectivity index (χ1v) is 13.9. The Morgan fingerprint density at radius 1 is 1.00 bits per heavy atom. The highest BCUT2D eigenvalue weighted by Crippen LogP contribution is 2.32. The normalized spacial score (nSPS) is 15.0. The molecule has 0 radical (unpaired) electrons. The Hall–Kier alpha value is -2.87. The molecule has 3 aromatic carbocycles. The second kappa shape index (κ2) is 11.5. The Kier molecular flexibility index (Phi) is 8.34. The first kappa shape index (κ1) is 26.2. The van der Waals surface area contributed by atoms with Gasteiger partial charge in [0.2, 0.25) is 9.84 Å². The van der Waals surface area contributed by atoms with Crippen molar-refractivity contribution in [2.75, 3.05) is 32.1 Å². The van der Waals surface area contributed by atoms with Crippen LogP contribution >= 0.6 is 11.6 Å². The van der Waals surface area contributed by atoms with Gasteiger partial charge in [-0.25, -0.2) is 13.2 Å². The number of ether oxygens (including phenoxy) is 1. The van der Waals surface area contributed by atoms with Crippen LogP contribution in [-0.4, -0.2) is 46.2 Å². The summed E-state index contributed by atoms with van der Waals surface area (Å²) in [5.41, 5.74) is 4.38. The van der Waals surface area contributed by atoms with Crippen LogP contribution in [0.3, 0.4) is 0 Å². The summed E-state index contributed by atoms with van der Waals surface area (Å²) in [6, 6.07) is 19.4. The van der Waals surface area contributed by atoms with E-state index in [1.165, 1.54) is 30.4 Å². The van der Waals surface area contributed by atoms with Crippen molar-refractivity contribution in [3.63, 3.8) is 0 Å². The summed E-state index contributed by atoms with van der Waals surface area (Å²) in [4.78, 5) is 14.5. The maximum absolute atomic E-state index is 12.8. The van der Waals surface area contributed by atoms with Gasteiger partial charge in [-0.15, -0.1) is 0 Å². The minimum atomic E-state index is -3.55. The van der Waals surface area contributed by atoms with Crippen LogP contribution in [0.4, 0.5) is 10.5 Å². The predicted molar refractivity (Wildman–Crippen MR) is 143 cm³/mol. The minimum absolute atomic E-state index is 0.240. The SMILES string of the molecule is COC(=O)Nc1ccc(C)c(C2CCN(CCc3ccc(S(=O)(=O)c4ccc(Cl)cc4)cc3)CC2)c1. The van der Waals surface area contributed by atoms with E-state index >= 15 is 0 Å². The number of halogens is 1. The Balaban J connectivity index is 1.31. The van der Waals surface area contributed by atoms with Crippen LogP contribution in [0.5, 0.6) is 0 Å². The standard InChI is InChI=1S/C28H31ClN2O4S/c1-20-3-8-24(30-28(32)35-2)19-27(20)22-14-17-31(18-15-22)16-13-21-4-9-25(10-5-21)36(33,34)26-11-6-23(29)7-12-26/h3-12,19,22H,13-18H2,1-2H3,(H,30,32). The first-order chi connectivity index (χ1) is 17.3. The van der Waals surface area contributed by atoms with Crippen molar-refractivity contribution in [2.24, 2.45) is 0 Å². The van der Waals surface area contributed by atoms with Gasteiger partial charge in [0.25, 0.3) is 0 Å². The second-order valence-corrected chi connectivity index (χ2v) is 11.5. The summed E-state index contributed by atoms with van der Waals surface area (Å²) in [6.45, 7) is 5.04. The van der Waals surface area contributed by atoms with Crippen molar-refractivity contribution in [3.8, 4) is 0 Å². The number of amides is 1. The number of likely N-dealkylation sites (tertiary alicyclic amines) is 1. The van der Waals surface area contributed by atoms with Crippen LogP contribution in [0.15, 0.2) is 76.5 Å². The summed E-state index contributed by atoms with van der Waals surface area (Å²) in [7, 11) is -2.20. The molecule has 1 fully saturated rings. The van der Waals surface area contributed by atoms with Crippen LogP contribution in [-0.2, 0) is 21.0 Å². The summed E-state index contributed by atoms with van der Waals surface area (Å²) < 4.78 is 30.4.